The number of carboxylic acid groups (broad SMARTS) is 1. The van der Waals surface area contributed by atoms with Crippen LogP contribution in [-0.2, 0) is 11.0 Å². The fraction of sp³-hybridized carbons (Fsp3) is 0.273. The van der Waals surface area contributed by atoms with Gasteiger partial charge in [0.2, 0.25) is 0 Å². The molecular weight excluding hydrogens is 267 g/mol. The predicted molar refractivity (Wildman–Crippen MR) is 61.9 cm³/mol. The van der Waals surface area contributed by atoms with E-state index in [9.17, 15) is 18.0 Å². The molecule has 0 saturated carbocycles. The number of alkyl halides is 3. The highest BCUT2D eigenvalue weighted by Crippen LogP contribution is 2.35. The lowest BCUT2D eigenvalue weighted by Gasteiger charge is -2.11. The van der Waals surface area contributed by atoms with Crippen LogP contribution in [-0.4, -0.2) is 27.9 Å². The Morgan fingerprint density at radius 2 is 2.06 bits per heavy atom. The van der Waals surface area contributed by atoms with Crippen LogP contribution in [0.1, 0.15) is 11.1 Å². The fourth-order valence-electron chi connectivity index (χ4n) is 1.56. The summed E-state index contributed by atoms with van der Waals surface area (Å²) < 4.78 is 38.3. The Kier molecular flexibility index (Phi) is 3.34. The zero-order chi connectivity index (χ0) is 13.3. The molecule has 1 atom stereocenters. The van der Waals surface area contributed by atoms with Crippen LogP contribution < -0.4 is 0 Å². The molecule has 18 heavy (non-hydrogen) atoms. The van der Waals surface area contributed by atoms with E-state index in [1.807, 2.05) is 0 Å². The maximum atomic E-state index is 12.8. The van der Waals surface area contributed by atoms with Gasteiger partial charge >= 0.3 is 12.1 Å². The van der Waals surface area contributed by atoms with Crippen LogP contribution in [0.3, 0.4) is 0 Å². The molecule has 1 aliphatic heterocycles. The number of nitrogens with zero attached hydrogens (tertiary/aromatic N) is 1. The molecule has 7 heteroatoms. The van der Waals surface area contributed by atoms with Crippen LogP contribution in [0.2, 0.25) is 0 Å². The largest absolute Gasteiger partial charge is 0.480 e. The van der Waals surface area contributed by atoms with Gasteiger partial charge in [0.25, 0.3) is 0 Å². The normalized spacial score (nSPS) is 19.7. The molecule has 1 N–H and O–H groups in total. The van der Waals surface area contributed by atoms with Crippen molar-refractivity contribution in [1.82, 2.24) is 0 Å². The molecule has 1 heterocycles. The first kappa shape index (κ1) is 12.9. The van der Waals surface area contributed by atoms with Gasteiger partial charge in [-0.1, -0.05) is 18.2 Å². The van der Waals surface area contributed by atoms with Crippen LogP contribution >= 0.6 is 11.8 Å². The number of hydrogen-bond acceptors (Lipinski definition) is 3. The van der Waals surface area contributed by atoms with Gasteiger partial charge in [-0.15, -0.1) is 11.8 Å². The van der Waals surface area contributed by atoms with Crippen LogP contribution in [0.5, 0.6) is 0 Å². The molecule has 0 radical (unpaired) electrons. The SMILES string of the molecule is O=C(O)C1CSC(c2ccccc2C(F)(F)F)=N1. The van der Waals surface area contributed by atoms with Crippen LogP contribution in [0.4, 0.5) is 13.2 Å². The van der Waals surface area contributed by atoms with Crippen molar-refractivity contribution in [3.05, 3.63) is 35.4 Å². The Morgan fingerprint density at radius 3 is 2.61 bits per heavy atom. The fourth-order valence-corrected chi connectivity index (χ4v) is 2.63. The standard InChI is InChI=1S/C11H8F3NO2S/c12-11(13,14)7-4-2-1-3-6(7)9-15-8(5-18-9)10(16)17/h1-4,8H,5H2,(H,16,17). The third kappa shape index (κ3) is 2.50. The molecular formula is C11H8F3NO2S. The number of aliphatic imine (C=N–C) groups is 1. The summed E-state index contributed by atoms with van der Waals surface area (Å²) in [6.07, 6.45) is -4.47. The van der Waals surface area contributed by atoms with Gasteiger partial charge < -0.3 is 5.11 Å². The van der Waals surface area contributed by atoms with Crippen molar-refractivity contribution in [2.45, 2.75) is 12.2 Å². The predicted octanol–water partition coefficient (Wildman–Crippen LogP) is 2.65. The topological polar surface area (TPSA) is 49.7 Å². The molecule has 0 spiro atoms. The number of benzene rings is 1. The van der Waals surface area contributed by atoms with E-state index in [1.54, 1.807) is 0 Å². The van der Waals surface area contributed by atoms with Crippen LogP contribution in [0.25, 0.3) is 0 Å². The summed E-state index contributed by atoms with van der Waals surface area (Å²) >= 11 is 1.03. The quantitative estimate of drug-likeness (QED) is 0.902. The molecule has 1 aromatic rings. The summed E-state index contributed by atoms with van der Waals surface area (Å²) in [6.45, 7) is 0. The Morgan fingerprint density at radius 1 is 1.39 bits per heavy atom. The molecule has 0 bridgehead atoms. The van der Waals surface area contributed by atoms with Crippen molar-refractivity contribution in [3.8, 4) is 0 Å². The molecule has 3 nitrogen and oxygen atoms in total. The van der Waals surface area contributed by atoms with Crippen molar-refractivity contribution in [1.29, 1.82) is 0 Å². The van der Waals surface area contributed by atoms with Gasteiger partial charge in [-0.3, -0.25) is 4.99 Å². The van der Waals surface area contributed by atoms with E-state index in [4.69, 9.17) is 5.11 Å². The summed E-state index contributed by atoms with van der Waals surface area (Å²) in [6, 6.07) is 4.07. The minimum Gasteiger partial charge on any atom is -0.480 e. The average Bonchev–Trinajstić information content (AvgIpc) is 2.77. The first-order valence-corrected chi connectivity index (χ1v) is 5.98. The molecule has 0 fully saturated rings. The number of halogens is 3. The van der Waals surface area contributed by atoms with Crippen molar-refractivity contribution < 1.29 is 23.1 Å². The Balaban J connectivity index is 2.41. The molecule has 1 aliphatic rings. The van der Waals surface area contributed by atoms with Gasteiger partial charge in [0.1, 0.15) is 0 Å². The third-order valence-corrected chi connectivity index (χ3v) is 3.48. The molecule has 1 unspecified atom stereocenters. The Bertz CT molecular complexity index is 513. The van der Waals surface area contributed by atoms with Gasteiger partial charge in [-0.2, -0.15) is 13.2 Å². The maximum absolute atomic E-state index is 12.8. The number of aliphatic carboxylic acids is 1. The molecule has 0 aromatic heterocycles. The van der Waals surface area contributed by atoms with Crippen molar-refractivity contribution >= 4 is 22.8 Å². The molecule has 0 aliphatic carbocycles. The highest BCUT2D eigenvalue weighted by molar-refractivity contribution is 8.14. The molecule has 1 aromatic carbocycles. The lowest BCUT2D eigenvalue weighted by Crippen LogP contribution is -2.17. The number of hydrogen-bond donors (Lipinski definition) is 1. The molecule has 0 amide bonds. The van der Waals surface area contributed by atoms with E-state index in [0.717, 1.165) is 17.8 Å². The summed E-state index contributed by atoms with van der Waals surface area (Å²) in [4.78, 5) is 14.5. The number of carboxylic acids is 1. The second-order valence-corrected chi connectivity index (χ2v) is 4.65. The third-order valence-electron chi connectivity index (χ3n) is 2.40. The lowest BCUT2D eigenvalue weighted by molar-refractivity contribution is -0.138. The lowest BCUT2D eigenvalue weighted by atomic mass is 10.1. The van der Waals surface area contributed by atoms with Gasteiger partial charge in [0.05, 0.1) is 10.6 Å². The zero-order valence-electron chi connectivity index (χ0n) is 8.94. The summed E-state index contributed by atoms with van der Waals surface area (Å²) in [7, 11) is 0. The molecule has 96 valence electrons. The van der Waals surface area contributed by atoms with Crippen molar-refractivity contribution in [2.75, 3.05) is 5.75 Å². The second kappa shape index (κ2) is 4.64. The van der Waals surface area contributed by atoms with Crippen molar-refractivity contribution in [2.24, 2.45) is 4.99 Å². The number of thioether (sulfide) groups is 1. The highest BCUT2D eigenvalue weighted by atomic mass is 32.2. The van der Waals surface area contributed by atoms with Gasteiger partial charge in [0.15, 0.2) is 6.04 Å². The van der Waals surface area contributed by atoms with E-state index in [0.29, 0.717) is 0 Å². The minimum absolute atomic E-state index is 0.0567. The van der Waals surface area contributed by atoms with Crippen LogP contribution in [0, 0.1) is 0 Å². The zero-order valence-corrected chi connectivity index (χ0v) is 9.76. The minimum atomic E-state index is -4.47. The van der Waals surface area contributed by atoms with Crippen LogP contribution in [0.15, 0.2) is 29.3 Å². The molecule has 0 saturated heterocycles. The van der Waals surface area contributed by atoms with E-state index < -0.39 is 23.8 Å². The van der Waals surface area contributed by atoms with Gasteiger partial charge in [0, 0.05) is 11.3 Å². The van der Waals surface area contributed by atoms with Gasteiger partial charge in [-0.05, 0) is 6.07 Å². The maximum Gasteiger partial charge on any atom is 0.417 e. The van der Waals surface area contributed by atoms with E-state index in [1.165, 1.54) is 18.2 Å². The Labute approximate surface area is 105 Å². The van der Waals surface area contributed by atoms with E-state index in [2.05, 4.69) is 4.99 Å². The average molecular weight is 275 g/mol. The molecule has 2 rings (SSSR count). The van der Waals surface area contributed by atoms with E-state index in [-0.39, 0.29) is 16.4 Å². The monoisotopic (exact) mass is 275 g/mol. The smallest absolute Gasteiger partial charge is 0.417 e. The summed E-state index contributed by atoms with van der Waals surface area (Å²) in [5.74, 6) is -0.960. The first-order chi connectivity index (χ1) is 8.39. The summed E-state index contributed by atoms with van der Waals surface area (Å²) in [5, 5.41) is 8.90. The first-order valence-electron chi connectivity index (χ1n) is 4.99. The Hall–Kier alpha value is -1.50. The highest BCUT2D eigenvalue weighted by Gasteiger charge is 2.36. The second-order valence-electron chi connectivity index (χ2n) is 3.64. The number of carbonyl (C=O) groups is 1. The summed E-state index contributed by atoms with van der Waals surface area (Å²) in [5.41, 5.74) is -0.846. The van der Waals surface area contributed by atoms with Gasteiger partial charge in [-0.25, -0.2) is 4.79 Å². The van der Waals surface area contributed by atoms with E-state index >= 15 is 0 Å². The number of rotatable bonds is 2. The van der Waals surface area contributed by atoms with Crippen molar-refractivity contribution in [3.63, 3.8) is 0 Å².